The van der Waals surface area contributed by atoms with Crippen LogP contribution in [0.1, 0.15) is 25.1 Å². The molecule has 2 aliphatic heterocycles. The molecule has 2 fully saturated rings. The Morgan fingerprint density at radius 1 is 1.04 bits per heavy atom. The Balaban J connectivity index is 1.64. The molecule has 23 heavy (non-hydrogen) atoms. The van der Waals surface area contributed by atoms with Crippen LogP contribution in [0.4, 0.5) is 19.0 Å². The molecule has 4 heterocycles. The van der Waals surface area contributed by atoms with Crippen molar-refractivity contribution in [3.63, 3.8) is 0 Å². The summed E-state index contributed by atoms with van der Waals surface area (Å²) in [4.78, 5) is 4.53. The van der Waals surface area contributed by atoms with Crippen LogP contribution in [-0.2, 0) is 6.18 Å². The molecule has 0 spiro atoms. The van der Waals surface area contributed by atoms with E-state index in [4.69, 9.17) is 0 Å². The maximum absolute atomic E-state index is 13.0. The molecule has 1 atom stereocenters. The van der Waals surface area contributed by atoms with E-state index in [0.29, 0.717) is 11.9 Å². The summed E-state index contributed by atoms with van der Waals surface area (Å²) in [6, 6.07) is 3.73. The Morgan fingerprint density at radius 3 is 2.74 bits per heavy atom. The van der Waals surface area contributed by atoms with Gasteiger partial charge in [0, 0.05) is 25.7 Å². The lowest BCUT2D eigenvalue weighted by Crippen LogP contribution is -2.55. The largest absolute Gasteiger partial charge is 0.453 e. The van der Waals surface area contributed by atoms with Crippen molar-refractivity contribution in [2.45, 2.75) is 31.5 Å². The van der Waals surface area contributed by atoms with Gasteiger partial charge in [-0.3, -0.25) is 4.90 Å². The number of piperazine rings is 1. The molecule has 0 N–H and O–H groups in total. The van der Waals surface area contributed by atoms with Gasteiger partial charge in [0.25, 0.3) is 5.82 Å². The van der Waals surface area contributed by atoms with Crippen LogP contribution in [0.2, 0.25) is 0 Å². The van der Waals surface area contributed by atoms with Crippen LogP contribution < -0.4 is 4.90 Å². The number of hydrogen-bond acceptors (Lipinski definition) is 5. The average molecular weight is 326 g/mol. The predicted octanol–water partition coefficient (Wildman–Crippen LogP) is 1.82. The molecule has 0 radical (unpaired) electrons. The molecule has 2 aromatic heterocycles. The molecular weight excluding hydrogens is 309 g/mol. The van der Waals surface area contributed by atoms with E-state index >= 15 is 0 Å². The van der Waals surface area contributed by atoms with E-state index in [-0.39, 0.29) is 5.65 Å². The predicted molar refractivity (Wildman–Crippen MR) is 77.2 cm³/mol. The highest BCUT2D eigenvalue weighted by Crippen LogP contribution is 2.28. The fourth-order valence-electron chi connectivity index (χ4n) is 3.49. The fourth-order valence-corrected chi connectivity index (χ4v) is 3.49. The van der Waals surface area contributed by atoms with E-state index in [9.17, 15) is 13.2 Å². The van der Waals surface area contributed by atoms with E-state index in [1.807, 2.05) is 0 Å². The molecule has 0 unspecified atom stereocenters. The molecule has 0 amide bonds. The molecule has 0 bridgehead atoms. The van der Waals surface area contributed by atoms with Crippen LogP contribution in [0, 0.1) is 0 Å². The zero-order valence-corrected chi connectivity index (χ0v) is 12.5. The van der Waals surface area contributed by atoms with Gasteiger partial charge in [-0.25, -0.2) is 0 Å². The van der Waals surface area contributed by atoms with Gasteiger partial charge in [-0.05, 0) is 31.5 Å². The molecule has 9 heteroatoms. The SMILES string of the molecule is FC(F)(F)c1nnc2ccc(N3CCN4CCCC[C@@H]4C3)nn12. The third kappa shape index (κ3) is 2.62. The van der Waals surface area contributed by atoms with Crippen molar-refractivity contribution in [2.75, 3.05) is 31.1 Å². The van der Waals surface area contributed by atoms with Crippen LogP contribution in [0.15, 0.2) is 12.1 Å². The summed E-state index contributed by atoms with van der Waals surface area (Å²) >= 11 is 0. The van der Waals surface area contributed by atoms with E-state index in [1.54, 1.807) is 6.07 Å². The van der Waals surface area contributed by atoms with Crippen LogP contribution in [0.25, 0.3) is 5.65 Å². The Labute approximate surface area is 130 Å². The maximum atomic E-state index is 13.0. The van der Waals surface area contributed by atoms with Gasteiger partial charge in [0.2, 0.25) is 0 Å². The first-order chi connectivity index (χ1) is 11.0. The van der Waals surface area contributed by atoms with Gasteiger partial charge in [0.1, 0.15) is 5.82 Å². The molecule has 0 aliphatic carbocycles. The number of nitrogens with zero attached hydrogens (tertiary/aromatic N) is 6. The van der Waals surface area contributed by atoms with Crippen LogP contribution in [0.3, 0.4) is 0 Å². The van der Waals surface area contributed by atoms with Crippen molar-refractivity contribution in [3.05, 3.63) is 18.0 Å². The minimum Gasteiger partial charge on any atom is -0.352 e. The molecule has 4 rings (SSSR count). The maximum Gasteiger partial charge on any atom is 0.453 e. The fraction of sp³-hybridized carbons (Fsp3) is 0.643. The first-order valence-corrected chi connectivity index (χ1v) is 7.81. The summed E-state index contributed by atoms with van der Waals surface area (Å²) < 4.78 is 39.7. The van der Waals surface area contributed by atoms with Crippen LogP contribution >= 0.6 is 0 Å². The summed E-state index contributed by atoms with van der Waals surface area (Å²) in [6.45, 7) is 3.63. The third-order valence-electron chi connectivity index (χ3n) is 4.66. The zero-order chi connectivity index (χ0) is 16.0. The lowest BCUT2D eigenvalue weighted by atomic mass is 9.99. The smallest absolute Gasteiger partial charge is 0.352 e. The second-order valence-electron chi connectivity index (χ2n) is 6.11. The van der Waals surface area contributed by atoms with Gasteiger partial charge in [0.15, 0.2) is 5.65 Å². The van der Waals surface area contributed by atoms with E-state index < -0.39 is 12.0 Å². The number of piperidine rings is 1. The Hall–Kier alpha value is -1.90. The van der Waals surface area contributed by atoms with Crippen molar-refractivity contribution in [2.24, 2.45) is 0 Å². The minimum atomic E-state index is -4.56. The van der Waals surface area contributed by atoms with Gasteiger partial charge in [-0.2, -0.15) is 17.7 Å². The number of hydrogen-bond donors (Lipinski definition) is 0. The summed E-state index contributed by atoms with van der Waals surface area (Å²) in [5, 5.41) is 10.9. The second kappa shape index (κ2) is 5.33. The first kappa shape index (κ1) is 14.7. The van der Waals surface area contributed by atoms with E-state index in [0.717, 1.165) is 37.1 Å². The number of alkyl halides is 3. The monoisotopic (exact) mass is 326 g/mol. The molecule has 0 saturated carbocycles. The number of aromatic nitrogens is 4. The van der Waals surface area contributed by atoms with Gasteiger partial charge >= 0.3 is 6.18 Å². The molecule has 2 aliphatic rings. The molecular formula is C14H17F3N6. The summed E-state index contributed by atoms with van der Waals surface area (Å²) in [7, 11) is 0. The molecule has 124 valence electrons. The topological polar surface area (TPSA) is 49.6 Å². The van der Waals surface area contributed by atoms with E-state index in [1.165, 1.54) is 18.9 Å². The van der Waals surface area contributed by atoms with Gasteiger partial charge in [-0.15, -0.1) is 15.3 Å². The zero-order valence-electron chi connectivity index (χ0n) is 12.5. The van der Waals surface area contributed by atoms with Crippen molar-refractivity contribution in [1.29, 1.82) is 0 Å². The first-order valence-electron chi connectivity index (χ1n) is 7.81. The number of halogens is 3. The molecule has 2 aromatic rings. The lowest BCUT2D eigenvalue weighted by molar-refractivity contribution is -0.146. The number of anilines is 1. The van der Waals surface area contributed by atoms with Crippen LogP contribution in [-0.4, -0.2) is 56.9 Å². The Kier molecular flexibility index (Phi) is 3.40. The second-order valence-corrected chi connectivity index (χ2v) is 6.11. The van der Waals surface area contributed by atoms with Gasteiger partial charge in [0.05, 0.1) is 0 Å². The highest BCUT2D eigenvalue weighted by molar-refractivity contribution is 5.46. The molecule has 0 aromatic carbocycles. The summed E-state index contributed by atoms with van der Waals surface area (Å²) in [5.41, 5.74) is 0.109. The lowest BCUT2D eigenvalue weighted by Gasteiger charge is -2.44. The van der Waals surface area contributed by atoms with Crippen molar-refractivity contribution in [1.82, 2.24) is 24.7 Å². The average Bonchev–Trinajstić information content (AvgIpc) is 2.97. The van der Waals surface area contributed by atoms with Gasteiger partial charge < -0.3 is 4.90 Å². The van der Waals surface area contributed by atoms with Crippen molar-refractivity contribution in [3.8, 4) is 0 Å². The quantitative estimate of drug-likeness (QED) is 0.800. The Morgan fingerprint density at radius 2 is 1.91 bits per heavy atom. The highest BCUT2D eigenvalue weighted by atomic mass is 19.4. The number of rotatable bonds is 1. The standard InChI is InChI=1S/C14H17F3N6/c15-14(16,17)13-19-18-11-4-5-12(20-23(11)13)22-8-7-21-6-2-1-3-10(21)9-22/h4-5,10H,1-3,6-9H2/t10-/m1/s1. The summed E-state index contributed by atoms with van der Waals surface area (Å²) in [6.07, 6.45) is -0.978. The highest BCUT2D eigenvalue weighted by Gasteiger charge is 2.38. The van der Waals surface area contributed by atoms with Crippen molar-refractivity contribution < 1.29 is 13.2 Å². The molecule has 6 nitrogen and oxygen atoms in total. The summed E-state index contributed by atoms with van der Waals surface area (Å²) in [5.74, 6) is -0.529. The molecule has 2 saturated heterocycles. The third-order valence-corrected chi connectivity index (χ3v) is 4.66. The van der Waals surface area contributed by atoms with Crippen molar-refractivity contribution >= 4 is 11.5 Å². The minimum absolute atomic E-state index is 0.109. The number of fused-ring (bicyclic) bond motifs is 2. The normalized spacial score (nSPS) is 23.3. The Bertz CT molecular complexity index is 712. The van der Waals surface area contributed by atoms with Gasteiger partial charge in [-0.1, -0.05) is 6.42 Å². The van der Waals surface area contributed by atoms with E-state index in [2.05, 4.69) is 25.1 Å². The van der Waals surface area contributed by atoms with Crippen LogP contribution in [0.5, 0.6) is 0 Å².